The van der Waals surface area contributed by atoms with Gasteiger partial charge in [0, 0.05) is 5.57 Å². The lowest BCUT2D eigenvalue weighted by Gasteiger charge is -2.13. The first-order chi connectivity index (χ1) is 6.74. The first-order valence-electron chi connectivity index (χ1n) is 5.50. The third-order valence-electron chi connectivity index (χ3n) is 2.98. The van der Waals surface area contributed by atoms with Crippen LogP contribution >= 0.6 is 0 Å². The minimum Gasteiger partial charge on any atom is -0.466 e. The summed E-state index contributed by atoms with van der Waals surface area (Å²) in [5.41, 5.74) is 0.638. The Balaban J connectivity index is 2.34. The van der Waals surface area contributed by atoms with Crippen molar-refractivity contribution in [3.63, 3.8) is 0 Å². The molecule has 0 atom stereocenters. The Bertz CT molecular complexity index is 200. The van der Waals surface area contributed by atoms with Crippen LogP contribution in [0, 0.1) is 5.92 Å². The van der Waals surface area contributed by atoms with Crippen molar-refractivity contribution in [1.82, 2.24) is 0 Å². The lowest BCUT2D eigenvalue weighted by molar-refractivity contribution is -0.136. The van der Waals surface area contributed by atoms with E-state index in [0.717, 1.165) is 6.42 Å². The Kier molecular flexibility index (Phi) is 4.71. The van der Waals surface area contributed by atoms with Crippen molar-refractivity contribution in [2.24, 2.45) is 5.92 Å². The zero-order chi connectivity index (χ0) is 10.4. The summed E-state index contributed by atoms with van der Waals surface area (Å²) in [6, 6.07) is 0. The monoisotopic (exact) mass is 196 g/mol. The van der Waals surface area contributed by atoms with Crippen LogP contribution in [0.2, 0.25) is 0 Å². The molecule has 0 unspecified atom stereocenters. The number of hydrogen-bond acceptors (Lipinski definition) is 2. The molecule has 0 radical (unpaired) electrons. The van der Waals surface area contributed by atoms with Gasteiger partial charge in [0.2, 0.25) is 0 Å². The van der Waals surface area contributed by atoms with Gasteiger partial charge in [-0.15, -0.1) is 0 Å². The molecular formula is C12H20O2. The summed E-state index contributed by atoms with van der Waals surface area (Å²) >= 11 is 0. The van der Waals surface area contributed by atoms with Crippen LogP contribution in [0.15, 0.2) is 12.2 Å². The highest BCUT2D eigenvalue weighted by atomic mass is 16.5. The molecule has 80 valence electrons. The Morgan fingerprint density at radius 3 is 2.36 bits per heavy atom. The van der Waals surface area contributed by atoms with Crippen LogP contribution in [0.4, 0.5) is 0 Å². The Hall–Kier alpha value is -0.790. The van der Waals surface area contributed by atoms with E-state index in [1.807, 2.05) is 0 Å². The topological polar surface area (TPSA) is 26.3 Å². The van der Waals surface area contributed by atoms with Gasteiger partial charge < -0.3 is 4.74 Å². The molecule has 0 aromatic rings. The van der Waals surface area contributed by atoms with Crippen molar-refractivity contribution in [3.8, 4) is 0 Å². The van der Waals surface area contributed by atoms with E-state index in [9.17, 15) is 4.79 Å². The van der Waals surface area contributed by atoms with E-state index in [2.05, 4.69) is 11.3 Å². The zero-order valence-corrected chi connectivity index (χ0v) is 9.05. The van der Waals surface area contributed by atoms with Crippen molar-refractivity contribution >= 4 is 5.97 Å². The highest BCUT2D eigenvalue weighted by Gasteiger charge is 2.16. The SMILES string of the molecule is C=C(CC1CCCCCC1)C(=O)OC. The number of methoxy groups -OCH3 is 1. The molecular weight excluding hydrogens is 176 g/mol. The molecule has 0 saturated heterocycles. The smallest absolute Gasteiger partial charge is 0.333 e. The fourth-order valence-electron chi connectivity index (χ4n) is 2.14. The first-order valence-corrected chi connectivity index (χ1v) is 5.50. The summed E-state index contributed by atoms with van der Waals surface area (Å²) in [4.78, 5) is 11.1. The fourth-order valence-corrected chi connectivity index (χ4v) is 2.14. The molecule has 0 aromatic carbocycles. The molecule has 2 nitrogen and oxygen atoms in total. The van der Waals surface area contributed by atoms with Gasteiger partial charge in [-0.2, -0.15) is 0 Å². The van der Waals surface area contributed by atoms with E-state index < -0.39 is 0 Å². The minimum absolute atomic E-state index is 0.241. The average molecular weight is 196 g/mol. The summed E-state index contributed by atoms with van der Waals surface area (Å²) in [5, 5.41) is 0. The predicted octanol–water partition coefficient (Wildman–Crippen LogP) is 3.08. The van der Waals surface area contributed by atoms with Gasteiger partial charge in [0.15, 0.2) is 0 Å². The van der Waals surface area contributed by atoms with Gasteiger partial charge in [-0.05, 0) is 12.3 Å². The summed E-state index contributed by atoms with van der Waals surface area (Å²) < 4.78 is 4.65. The van der Waals surface area contributed by atoms with Crippen molar-refractivity contribution in [2.75, 3.05) is 7.11 Å². The maximum Gasteiger partial charge on any atom is 0.333 e. The molecule has 0 aromatic heterocycles. The molecule has 0 N–H and O–H groups in total. The van der Waals surface area contributed by atoms with E-state index in [1.54, 1.807) is 0 Å². The summed E-state index contributed by atoms with van der Waals surface area (Å²) in [6.07, 6.45) is 8.62. The number of carbonyl (C=O) groups is 1. The predicted molar refractivity (Wildman–Crippen MR) is 57.0 cm³/mol. The molecule has 1 fully saturated rings. The van der Waals surface area contributed by atoms with Crippen LogP contribution in [0.25, 0.3) is 0 Å². The summed E-state index contributed by atoms with van der Waals surface area (Å²) in [7, 11) is 1.42. The molecule has 0 amide bonds. The van der Waals surface area contributed by atoms with Crippen LogP contribution in [0.1, 0.15) is 44.9 Å². The van der Waals surface area contributed by atoms with E-state index in [-0.39, 0.29) is 5.97 Å². The highest BCUT2D eigenvalue weighted by molar-refractivity contribution is 5.87. The number of carbonyl (C=O) groups excluding carboxylic acids is 1. The lowest BCUT2D eigenvalue weighted by atomic mass is 9.93. The Morgan fingerprint density at radius 2 is 1.86 bits per heavy atom. The van der Waals surface area contributed by atoms with Gasteiger partial charge in [0.25, 0.3) is 0 Å². The third-order valence-corrected chi connectivity index (χ3v) is 2.98. The second-order valence-electron chi connectivity index (χ2n) is 4.16. The molecule has 1 rings (SSSR count). The van der Waals surface area contributed by atoms with Crippen LogP contribution < -0.4 is 0 Å². The molecule has 0 heterocycles. The molecule has 0 bridgehead atoms. The maximum atomic E-state index is 11.1. The van der Waals surface area contributed by atoms with Crippen molar-refractivity contribution in [1.29, 1.82) is 0 Å². The second-order valence-corrected chi connectivity index (χ2v) is 4.16. The average Bonchev–Trinajstić information content (AvgIpc) is 2.45. The second kappa shape index (κ2) is 5.84. The molecule has 0 spiro atoms. The normalized spacial score (nSPS) is 18.6. The molecule has 2 heteroatoms. The Labute approximate surface area is 86.3 Å². The number of esters is 1. The lowest BCUT2D eigenvalue weighted by Crippen LogP contribution is -2.09. The fraction of sp³-hybridized carbons (Fsp3) is 0.750. The highest BCUT2D eigenvalue weighted by Crippen LogP contribution is 2.27. The third kappa shape index (κ3) is 3.52. The maximum absolute atomic E-state index is 11.1. The van der Waals surface area contributed by atoms with Crippen LogP contribution in [-0.2, 0) is 9.53 Å². The number of ether oxygens (including phenoxy) is 1. The first kappa shape index (κ1) is 11.3. The van der Waals surface area contributed by atoms with Gasteiger partial charge >= 0.3 is 5.97 Å². The minimum atomic E-state index is -0.241. The van der Waals surface area contributed by atoms with Gasteiger partial charge in [0.1, 0.15) is 0 Å². The van der Waals surface area contributed by atoms with Gasteiger partial charge in [-0.1, -0.05) is 45.1 Å². The van der Waals surface area contributed by atoms with E-state index in [0.29, 0.717) is 11.5 Å². The van der Waals surface area contributed by atoms with Crippen LogP contribution in [0.5, 0.6) is 0 Å². The van der Waals surface area contributed by atoms with E-state index in [1.165, 1.54) is 45.6 Å². The van der Waals surface area contributed by atoms with Crippen LogP contribution in [0.3, 0.4) is 0 Å². The molecule has 0 aliphatic heterocycles. The zero-order valence-electron chi connectivity index (χ0n) is 9.05. The molecule has 1 aliphatic carbocycles. The standard InChI is InChI=1S/C12H20O2/c1-10(12(13)14-2)9-11-7-5-3-4-6-8-11/h11H,1,3-9H2,2H3. The van der Waals surface area contributed by atoms with Crippen LogP contribution in [-0.4, -0.2) is 13.1 Å². The number of rotatable bonds is 3. The Morgan fingerprint density at radius 1 is 1.29 bits per heavy atom. The van der Waals surface area contributed by atoms with Crippen molar-refractivity contribution in [2.45, 2.75) is 44.9 Å². The molecule has 1 saturated carbocycles. The molecule has 14 heavy (non-hydrogen) atoms. The summed E-state index contributed by atoms with van der Waals surface area (Å²) in [5.74, 6) is 0.415. The number of hydrogen-bond donors (Lipinski definition) is 0. The van der Waals surface area contributed by atoms with Crippen molar-refractivity contribution in [3.05, 3.63) is 12.2 Å². The van der Waals surface area contributed by atoms with E-state index in [4.69, 9.17) is 0 Å². The van der Waals surface area contributed by atoms with Gasteiger partial charge in [0.05, 0.1) is 7.11 Å². The summed E-state index contributed by atoms with van der Waals surface area (Å²) in [6.45, 7) is 3.78. The quantitative estimate of drug-likeness (QED) is 0.394. The largest absolute Gasteiger partial charge is 0.466 e. The van der Waals surface area contributed by atoms with Crippen molar-refractivity contribution < 1.29 is 9.53 Å². The van der Waals surface area contributed by atoms with Gasteiger partial charge in [-0.25, -0.2) is 4.79 Å². The van der Waals surface area contributed by atoms with E-state index >= 15 is 0 Å². The van der Waals surface area contributed by atoms with Gasteiger partial charge in [-0.3, -0.25) is 0 Å². The molecule has 1 aliphatic rings.